The normalized spacial score (nSPS) is 27.5. The van der Waals surface area contributed by atoms with Crippen LogP contribution >= 0.6 is 0 Å². The molecule has 0 aromatic heterocycles. The first kappa shape index (κ1) is 11.0. The summed E-state index contributed by atoms with van der Waals surface area (Å²) in [4.78, 5) is 16.8. The van der Waals surface area contributed by atoms with E-state index in [1.165, 1.54) is 0 Å². The number of hydrogen-bond acceptors (Lipinski definition) is 1. The first-order chi connectivity index (χ1) is 6.32. The van der Waals surface area contributed by atoms with Crippen LogP contribution in [0.5, 0.6) is 0 Å². The van der Waals surface area contributed by atoms with Gasteiger partial charge >= 0.3 is 0 Å². The zero-order valence-corrected chi connectivity index (χ0v) is 9.42. The molecule has 78 valence electrons. The molecule has 0 N–H and O–H groups in total. The molecule has 0 spiro atoms. The number of hydrogen-bond donors (Lipinski definition) is 0. The molecule has 1 aliphatic heterocycles. The van der Waals surface area contributed by atoms with Crippen molar-refractivity contribution in [2.45, 2.75) is 39.7 Å². The molecule has 1 rings (SSSR count). The fourth-order valence-corrected chi connectivity index (χ4v) is 1.93. The second-order valence-corrected chi connectivity index (χ2v) is 5.08. The van der Waals surface area contributed by atoms with Crippen molar-refractivity contribution < 1.29 is 4.79 Å². The first-order valence-electron chi connectivity index (χ1n) is 4.96. The molecule has 1 atom stereocenters. The summed E-state index contributed by atoms with van der Waals surface area (Å²) in [5.41, 5.74) is -0.433. The van der Waals surface area contributed by atoms with Crippen LogP contribution in [-0.2, 0) is 4.79 Å². The Morgan fingerprint density at radius 3 is 2.29 bits per heavy atom. The third kappa shape index (κ3) is 1.61. The maximum Gasteiger partial charge on any atom is 0.256 e. The number of amides is 1. The van der Waals surface area contributed by atoms with Gasteiger partial charge < -0.3 is 9.74 Å². The second kappa shape index (κ2) is 3.27. The fourth-order valence-electron chi connectivity index (χ4n) is 1.93. The highest BCUT2D eigenvalue weighted by Crippen LogP contribution is 2.41. The minimum Gasteiger partial charge on any atom is -0.334 e. The van der Waals surface area contributed by atoms with E-state index in [2.05, 4.69) is 25.6 Å². The van der Waals surface area contributed by atoms with Gasteiger partial charge in [-0.2, -0.15) is 0 Å². The first-order valence-corrected chi connectivity index (χ1v) is 4.96. The lowest BCUT2D eigenvalue weighted by Gasteiger charge is -2.30. The zero-order valence-electron chi connectivity index (χ0n) is 9.42. The number of likely N-dealkylation sites (tertiary alicyclic amines) is 1. The monoisotopic (exact) mass is 194 g/mol. The average molecular weight is 194 g/mol. The molecule has 3 heteroatoms. The smallest absolute Gasteiger partial charge is 0.256 e. The maximum absolute atomic E-state index is 11.2. The van der Waals surface area contributed by atoms with E-state index >= 15 is 0 Å². The Kier molecular flexibility index (Phi) is 2.58. The largest absolute Gasteiger partial charge is 0.334 e. The molecule has 0 aliphatic carbocycles. The molecule has 0 radical (unpaired) electrons. The zero-order chi connectivity index (χ0) is 11.0. The molecule has 1 saturated heterocycles. The van der Waals surface area contributed by atoms with Crippen molar-refractivity contribution in [1.82, 2.24) is 4.90 Å². The summed E-state index contributed by atoms with van der Waals surface area (Å²) in [6.45, 7) is 16.5. The van der Waals surface area contributed by atoms with Crippen molar-refractivity contribution in [2.75, 3.05) is 13.1 Å². The van der Waals surface area contributed by atoms with Crippen LogP contribution in [0.1, 0.15) is 34.1 Å². The van der Waals surface area contributed by atoms with Crippen molar-refractivity contribution in [3.8, 4) is 0 Å². The van der Waals surface area contributed by atoms with Crippen LogP contribution in [0.25, 0.3) is 4.85 Å². The highest BCUT2D eigenvalue weighted by Gasteiger charge is 2.54. The minimum atomic E-state index is -0.376. The average Bonchev–Trinajstić information content (AvgIpc) is 2.47. The molecule has 0 aromatic carbocycles. The Balaban J connectivity index is 2.89. The summed E-state index contributed by atoms with van der Waals surface area (Å²) in [5.74, 6) is 0.0831. The van der Waals surface area contributed by atoms with E-state index in [1.807, 2.05) is 0 Å². The standard InChI is InChI=1S/C11H18N2O/c1-9(14)13-7-6-11(8-13,12-5)10(2,3)4/h6-8H2,1-4H3. The van der Waals surface area contributed by atoms with E-state index in [0.29, 0.717) is 6.54 Å². The highest BCUT2D eigenvalue weighted by atomic mass is 16.2. The molecule has 1 heterocycles. The van der Waals surface area contributed by atoms with Crippen LogP contribution < -0.4 is 0 Å². The lowest BCUT2D eigenvalue weighted by atomic mass is 9.73. The highest BCUT2D eigenvalue weighted by molar-refractivity contribution is 5.73. The fraction of sp³-hybridized carbons (Fsp3) is 0.818. The molecular weight excluding hydrogens is 176 g/mol. The topological polar surface area (TPSA) is 24.7 Å². The van der Waals surface area contributed by atoms with Crippen LogP contribution in [0, 0.1) is 12.0 Å². The van der Waals surface area contributed by atoms with Gasteiger partial charge in [0.15, 0.2) is 0 Å². The van der Waals surface area contributed by atoms with Crippen molar-refractivity contribution in [3.05, 3.63) is 11.4 Å². The van der Waals surface area contributed by atoms with E-state index in [9.17, 15) is 4.79 Å². The van der Waals surface area contributed by atoms with E-state index in [0.717, 1.165) is 13.0 Å². The predicted octanol–water partition coefficient (Wildman–Crippen LogP) is 1.94. The Morgan fingerprint density at radius 1 is 1.50 bits per heavy atom. The van der Waals surface area contributed by atoms with E-state index in [4.69, 9.17) is 6.57 Å². The van der Waals surface area contributed by atoms with E-state index in [1.54, 1.807) is 11.8 Å². The second-order valence-electron chi connectivity index (χ2n) is 5.08. The maximum atomic E-state index is 11.2. The van der Waals surface area contributed by atoms with Crippen LogP contribution in [0.2, 0.25) is 0 Å². The lowest BCUT2D eigenvalue weighted by Crippen LogP contribution is -2.43. The van der Waals surface area contributed by atoms with Gasteiger partial charge in [0.25, 0.3) is 5.54 Å². The third-order valence-electron chi connectivity index (χ3n) is 3.30. The van der Waals surface area contributed by atoms with Crippen molar-refractivity contribution >= 4 is 5.91 Å². The lowest BCUT2D eigenvalue weighted by molar-refractivity contribution is -0.128. The molecule has 3 nitrogen and oxygen atoms in total. The van der Waals surface area contributed by atoms with Gasteiger partial charge in [-0.25, -0.2) is 6.57 Å². The van der Waals surface area contributed by atoms with Crippen LogP contribution in [0.3, 0.4) is 0 Å². The van der Waals surface area contributed by atoms with Gasteiger partial charge in [0.05, 0.1) is 6.54 Å². The van der Waals surface area contributed by atoms with Crippen molar-refractivity contribution in [3.63, 3.8) is 0 Å². The van der Waals surface area contributed by atoms with Crippen molar-refractivity contribution in [1.29, 1.82) is 0 Å². The molecule has 1 aliphatic rings. The SMILES string of the molecule is [C-]#[N+]C1(C(C)(C)C)CCN(C(C)=O)C1. The minimum absolute atomic E-state index is 0.0566. The number of carbonyl (C=O) groups is 1. The van der Waals surface area contributed by atoms with Gasteiger partial charge in [-0.05, 0) is 0 Å². The Hall–Kier alpha value is -1.04. The number of carbonyl (C=O) groups excluding carboxylic acids is 1. The molecule has 0 saturated carbocycles. The van der Waals surface area contributed by atoms with Crippen LogP contribution in [0.4, 0.5) is 0 Å². The Morgan fingerprint density at radius 2 is 2.07 bits per heavy atom. The van der Waals surface area contributed by atoms with Gasteiger partial charge in [-0.3, -0.25) is 4.79 Å². The van der Waals surface area contributed by atoms with Gasteiger partial charge in [0, 0.05) is 25.3 Å². The summed E-state index contributed by atoms with van der Waals surface area (Å²) in [7, 11) is 0. The Labute approximate surface area is 85.9 Å². The summed E-state index contributed by atoms with van der Waals surface area (Å²) in [5, 5.41) is 0. The molecule has 0 aromatic rings. The predicted molar refractivity (Wildman–Crippen MR) is 55.7 cm³/mol. The number of rotatable bonds is 0. The number of nitrogens with zero attached hydrogens (tertiary/aromatic N) is 2. The summed E-state index contributed by atoms with van der Waals surface area (Å²) in [6, 6.07) is 0. The van der Waals surface area contributed by atoms with Crippen molar-refractivity contribution in [2.24, 2.45) is 5.41 Å². The summed E-state index contributed by atoms with van der Waals surface area (Å²) in [6.07, 6.45) is 0.805. The molecule has 0 bridgehead atoms. The quantitative estimate of drug-likeness (QED) is 0.541. The van der Waals surface area contributed by atoms with Crippen LogP contribution in [0.15, 0.2) is 0 Å². The molecule has 1 fully saturated rings. The Bertz CT molecular complexity index is 285. The van der Waals surface area contributed by atoms with E-state index < -0.39 is 0 Å². The molecule has 1 unspecified atom stereocenters. The summed E-state index contributed by atoms with van der Waals surface area (Å²) < 4.78 is 0. The van der Waals surface area contributed by atoms with Gasteiger partial charge in [-0.15, -0.1) is 0 Å². The van der Waals surface area contributed by atoms with Gasteiger partial charge in [0.1, 0.15) is 0 Å². The van der Waals surface area contributed by atoms with Gasteiger partial charge in [0.2, 0.25) is 5.91 Å². The third-order valence-corrected chi connectivity index (χ3v) is 3.30. The molecule has 14 heavy (non-hydrogen) atoms. The van der Waals surface area contributed by atoms with E-state index in [-0.39, 0.29) is 16.9 Å². The van der Waals surface area contributed by atoms with Gasteiger partial charge in [-0.1, -0.05) is 20.8 Å². The van der Waals surface area contributed by atoms with Crippen LogP contribution in [-0.4, -0.2) is 29.4 Å². The summed E-state index contributed by atoms with van der Waals surface area (Å²) >= 11 is 0. The molecule has 1 amide bonds. The molecular formula is C11H18N2O.